The average Bonchev–Trinajstić information content (AvgIpc) is 2.51. The molecule has 3 aromatic rings. The molecule has 0 saturated carbocycles. The average molecular weight is 328 g/mol. The predicted molar refractivity (Wildman–Crippen MR) is 91.6 cm³/mol. The normalized spacial score (nSPS) is 11.4. The van der Waals surface area contributed by atoms with Gasteiger partial charge in [0, 0.05) is 10.6 Å². The zero-order valence-corrected chi connectivity index (χ0v) is 13.4. The van der Waals surface area contributed by atoms with E-state index in [4.69, 9.17) is 11.6 Å². The minimum Gasteiger partial charge on any atom is -0.507 e. The van der Waals surface area contributed by atoms with E-state index in [1.165, 1.54) is 10.9 Å². The first-order valence-electron chi connectivity index (χ1n) is 6.98. The van der Waals surface area contributed by atoms with Gasteiger partial charge in [-0.25, -0.2) is 4.98 Å². The molecule has 0 unspecified atom stereocenters. The van der Waals surface area contributed by atoms with Crippen LogP contribution >= 0.6 is 11.6 Å². The van der Waals surface area contributed by atoms with Gasteiger partial charge in [-0.3, -0.25) is 4.79 Å². The molecule has 0 aliphatic rings. The Kier molecular flexibility index (Phi) is 3.88. The van der Waals surface area contributed by atoms with Crippen LogP contribution in [0.5, 0.6) is 5.75 Å². The van der Waals surface area contributed by atoms with Crippen molar-refractivity contribution in [2.75, 3.05) is 0 Å². The van der Waals surface area contributed by atoms with Crippen molar-refractivity contribution in [3.63, 3.8) is 0 Å². The Morgan fingerprint density at radius 1 is 1.22 bits per heavy atom. The summed E-state index contributed by atoms with van der Waals surface area (Å²) in [6, 6.07) is 10.1. The number of halogens is 1. The second kappa shape index (κ2) is 5.85. The molecule has 1 aromatic heterocycles. The molecule has 0 saturated heterocycles. The minimum atomic E-state index is -0.307. The van der Waals surface area contributed by atoms with Crippen molar-refractivity contribution in [3.8, 4) is 5.75 Å². The second-order valence-electron chi connectivity index (χ2n) is 5.24. The summed E-state index contributed by atoms with van der Waals surface area (Å²) in [5.41, 5.74) is 1.78. The van der Waals surface area contributed by atoms with Gasteiger partial charge >= 0.3 is 0 Å². The van der Waals surface area contributed by atoms with Crippen LogP contribution in [0.4, 0.5) is 0 Å². The molecule has 0 fully saturated rings. The summed E-state index contributed by atoms with van der Waals surface area (Å²) in [6.07, 6.45) is 1.44. The number of aromatic hydroxyl groups is 1. The quantitative estimate of drug-likeness (QED) is 0.735. The fourth-order valence-electron chi connectivity index (χ4n) is 2.29. The van der Waals surface area contributed by atoms with E-state index in [2.05, 4.69) is 10.1 Å². The number of aryl methyl sites for hydroxylation is 2. The van der Waals surface area contributed by atoms with E-state index >= 15 is 0 Å². The van der Waals surface area contributed by atoms with Crippen LogP contribution in [-0.4, -0.2) is 21.0 Å². The molecule has 6 heteroatoms. The maximum absolute atomic E-state index is 12.6. The number of rotatable bonds is 2. The number of phenolic OH excluding ortho intramolecular Hbond substituents is 1. The highest BCUT2D eigenvalue weighted by molar-refractivity contribution is 6.31. The van der Waals surface area contributed by atoms with Crippen LogP contribution in [0.1, 0.15) is 17.0 Å². The van der Waals surface area contributed by atoms with E-state index in [1.807, 2.05) is 6.92 Å². The van der Waals surface area contributed by atoms with Gasteiger partial charge in [0.15, 0.2) is 0 Å². The van der Waals surface area contributed by atoms with E-state index in [0.29, 0.717) is 27.3 Å². The SMILES string of the molecule is Cc1ccc(O)c(C=Nn2c(C)nc3ccc(Cl)cc3c2=O)c1. The van der Waals surface area contributed by atoms with Crippen LogP contribution in [0.3, 0.4) is 0 Å². The topological polar surface area (TPSA) is 67.5 Å². The predicted octanol–water partition coefficient (Wildman–Crippen LogP) is 3.25. The zero-order valence-electron chi connectivity index (χ0n) is 12.6. The van der Waals surface area contributed by atoms with Crippen LogP contribution in [0.25, 0.3) is 10.9 Å². The second-order valence-corrected chi connectivity index (χ2v) is 5.68. The van der Waals surface area contributed by atoms with Crippen molar-refractivity contribution < 1.29 is 5.11 Å². The van der Waals surface area contributed by atoms with Crippen molar-refractivity contribution in [1.82, 2.24) is 9.66 Å². The summed E-state index contributed by atoms with van der Waals surface area (Å²) in [5, 5.41) is 14.9. The molecule has 2 aromatic carbocycles. The number of phenols is 1. The number of hydrogen-bond donors (Lipinski definition) is 1. The highest BCUT2D eigenvalue weighted by Gasteiger charge is 2.08. The Morgan fingerprint density at radius 2 is 2.00 bits per heavy atom. The fraction of sp³-hybridized carbons (Fsp3) is 0.118. The number of fused-ring (bicyclic) bond motifs is 1. The van der Waals surface area contributed by atoms with Crippen LogP contribution in [0.2, 0.25) is 5.02 Å². The van der Waals surface area contributed by atoms with Gasteiger partial charge in [0.25, 0.3) is 5.56 Å². The van der Waals surface area contributed by atoms with Gasteiger partial charge in [0.05, 0.1) is 17.1 Å². The summed E-state index contributed by atoms with van der Waals surface area (Å²) in [6.45, 7) is 3.61. The highest BCUT2D eigenvalue weighted by Crippen LogP contribution is 2.17. The van der Waals surface area contributed by atoms with Gasteiger partial charge in [-0.1, -0.05) is 23.2 Å². The zero-order chi connectivity index (χ0) is 16.6. The van der Waals surface area contributed by atoms with Crippen LogP contribution in [-0.2, 0) is 0 Å². The van der Waals surface area contributed by atoms with Crippen LogP contribution in [0, 0.1) is 13.8 Å². The molecule has 0 amide bonds. The summed E-state index contributed by atoms with van der Waals surface area (Å²) in [5.74, 6) is 0.551. The largest absolute Gasteiger partial charge is 0.507 e. The van der Waals surface area contributed by atoms with Crippen molar-refractivity contribution >= 4 is 28.7 Å². The molecule has 1 heterocycles. The van der Waals surface area contributed by atoms with E-state index < -0.39 is 0 Å². The molecule has 0 aliphatic heterocycles. The molecule has 0 radical (unpaired) electrons. The lowest BCUT2D eigenvalue weighted by atomic mass is 10.1. The molecule has 0 spiro atoms. The number of benzene rings is 2. The van der Waals surface area contributed by atoms with E-state index in [-0.39, 0.29) is 11.3 Å². The lowest BCUT2D eigenvalue weighted by molar-refractivity contribution is 0.474. The van der Waals surface area contributed by atoms with Gasteiger partial charge < -0.3 is 5.11 Å². The molecule has 3 rings (SSSR count). The first-order valence-corrected chi connectivity index (χ1v) is 7.36. The van der Waals surface area contributed by atoms with E-state index in [0.717, 1.165) is 5.56 Å². The molecule has 0 aliphatic carbocycles. The third kappa shape index (κ3) is 2.96. The Morgan fingerprint density at radius 3 is 2.78 bits per heavy atom. The van der Waals surface area contributed by atoms with Crippen molar-refractivity contribution in [2.24, 2.45) is 5.10 Å². The molecule has 1 N–H and O–H groups in total. The smallest absolute Gasteiger partial charge is 0.282 e. The van der Waals surface area contributed by atoms with Crippen molar-refractivity contribution in [1.29, 1.82) is 0 Å². The molecule has 0 bridgehead atoms. The fourth-order valence-corrected chi connectivity index (χ4v) is 2.47. The van der Waals surface area contributed by atoms with Gasteiger partial charge in [0.2, 0.25) is 0 Å². The molecule has 23 heavy (non-hydrogen) atoms. The molecular formula is C17H14ClN3O2. The van der Waals surface area contributed by atoms with Crippen LogP contribution in [0.15, 0.2) is 46.3 Å². The Bertz CT molecular complexity index is 993. The molecule has 116 valence electrons. The monoisotopic (exact) mass is 327 g/mol. The third-order valence-corrected chi connectivity index (χ3v) is 3.70. The number of hydrogen-bond acceptors (Lipinski definition) is 4. The molecular weight excluding hydrogens is 314 g/mol. The summed E-state index contributed by atoms with van der Waals surface area (Å²) in [4.78, 5) is 16.9. The summed E-state index contributed by atoms with van der Waals surface area (Å²) in [7, 11) is 0. The summed E-state index contributed by atoms with van der Waals surface area (Å²) < 4.78 is 1.19. The number of aromatic nitrogens is 2. The maximum atomic E-state index is 12.6. The van der Waals surface area contributed by atoms with E-state index in [9.17, 15) is 9.90 Å². The van der Waals surface area contributed by atoms with Gasteiger partial charge in [-0.15, -0.1) is 0 Å². The van der Waals surface area contributed by atoms with Gasteiger partial charge in [0.1, 0.15) is 11.6 Å². The highest BCUT2D eigenvalue weighted by atomic mass is 35.5. The lowest BCUT2D eigenvalue weighted by Crippen LogP contribution is -2.20. The van der Waals surface area contributed by atoms with Crippen molar-refractivity contribution in [3.05, 3.63) is 68.7 Å². The minimum absolute atomic E-state index is 0.0989. The Labute approximate surface area is 137 Å². The Hall–Kier alpha value is -2.66. The van der Waals surface area contributed by atoms with Crippen LogP contribution < -0.4 is 5.56 Å². The lowest BCUT2D eigenvalue weighted by Gasteiger charge is -2.06. The summed E-state index contributed by atoms with van der Waals surface area (Å²) >= 11 is 5.95. The molecule has 5 nitrogen and oxygen atoms in total. The van der Waals surface area contributed by atoms with E-state index in [1.54, 1.807) is 43.3 Å². The maximum Gasteiger partial charge on any atom is 0.282 e. The first kappa shape index (κ1) is 15.2. The van der Waals surface area contributed by atoms with Gasteiger partial charge in [-0.05, 0) is 44.2 Å². The Balaban J connectivity index is 2.14. The standard InChI is InChI=1S/C17H14ClN3O2/c1-10-3-6-16(22)12(7-10)9-19-21-11(2)20-15-5-4-13(18)8-14(15)17(21)23/h3-9,22H,1-2H3. The molecule has 0 atom stereocenters. The first-order chi connectivity index (χ1) is 11.0. The van der Waals surface area contributed by atoms with Gasteiger partial charge in [-0.2, -0.15) is 9.78 Å². The van der Waals surface area contributed by atoms with Crippen molar-refractivity contribution in [2.45, 2.75) is 13.8 Å². The third-order valence-electron chi connectivity index (χ3n) is 3.47. The number of nitrogens with zero attached hydrogens (tertiary/aromatic N) is 3.